The molecule has 0 saturated carbocycles. The normalized spacial score (nSPS) is 10.6. The first-order valence-corrected chi connectivity index (χ1v) is 5.46. The molecule has 4 heteroatoms. The van der Waals surface area contributed by atoms with Crippen molar-refractivity contribution in [2.45, 2.75) is 19.9 Å². The van der Waals surface area contributed by atoms with E-state index >= 15 is 0 Å². The summed E-state index contributed by atoms with van der Waals surface area (Å²) < 4.78 is 30.9. The van der Waals surface area contributed by atoms with Crippen LogP contribution in [0.25, 0.3) is 0 Å². The monoisotopic (exact) mass is 241 g/mol. The van der Waals surface area contributed by atoms with E-state index in [1.165, 1.54) is 0 Å². The fourth-order valence-corrected chi connectivity index (χ4v) is 1.20. The van der Waals surface area contributed by atoms with Gasteiger partial charge in [-0.2, -0.15) is 0 Å². The summed E-state index contributed by atoms with van der Waals surface area (Å²) in [6.07, 6.45) is 0. The topological polar surface area (TPSA) is 21.3 Å². The molecule has 0 radical (unpaired) electrons. The van der Waals surface area contributed by atoms with Crippen molar-refractivity contribution < 1.29 is 13.5 Å². The van der Waals surface area contributed by atoms with Crippen LogP contribution in [0.2, 0.25) is 0 Å². The number of nitrogens with one attached hydrogen (secondary N) is 1. The van der Waals surface area contributed by atoms with Gasteiger partial charge in [-0.15, -0.1) is 0 Å². The van der Waals surface area contributed by atoms with Gasteiger partial charge in [0, 0.05) is 30.8 Å². The molecule has 0 fully saturated rings. The summed E-state index contributed by atoms with van der Waals surface area (Å²) in [6.45, 7) is 8.72. The minimum atomic E-state index is -0.647. The summed E-state index contributed by atoms with van der Waals surface area (Å²) in [7, 11) is 0. The summed E-state index contributed by atoms with van der Waals surface area (Å²) in [5.41, 5.74) is 0.823. The number of ether oxygens (including phenoxy) is 1. The molecule has 0 saturated heterocycles. The van der Waals surface area contributed by atoms with Crippen molar-refractivity contribution in [1.82, 2.24) is 5.32 Å². The zero-order valence-electron chi connectivity index (χ0n) is 10.1. The molecular formula is C13H17F2NO. The second-order valence-corrected chi connectivity index (χ2v) is 4.18. The third-order valence-corrected chi connectivity index (χ3v) is 2.04. The Kier molecular flexibility index (Phi) is 5.10. The molecule has 1 rings (SSSR count). The molecule has 17 heavy (non-hydrogen) atoms. The van der Waals surface area contributed by atoms with E-state index in [4.69, 9.17) is 4.74 Å². The molecule has 0 amide bonds. The van der Waals surface area contributed by atoms with Crippen LogP contribution in [-0.2, 0) is 0 Å². The van der Waals surface area contributed by atoms with Crippen molar-refractivity contribution in [2.75, 3.05) is 13.2 Å². The maximum atomic E-state index is 12.9. The Morgan fingerprint density at radius 1 is 1.29 bits per heavy atom. The van der Waals surface area contributed by atoms with Gasteiger partial charge < -0.3 is 10.1 Å². The van der Waals surface area contributed by atoms with E-state index in [1.54, 1.807) is 0 Å². The molecule has 1 aromatic carbocycles. The summed E-state index contributed by atoms with van der Waals surface area (Å²) >= 11 is 0. The lowest BCUT2D eigenvalue weighted by Gasteiger charge is -2.11. The molecule has 0 unspecified atom stereocenters. The Hall–Kier alpha value is -1.42. The largest absolute Gasteiger partial charge is 0.489 e. The van der Waals surface area contributed by atoms with Crippen LogP contribution in [0.5, 0.6) is 5.75 Å². The van der Waals surface area contributed by atoms with Crippen molar-refractivity contribution in [3.05, 3.63) is 42.0 Å². The quantitative estimate of drug-likeness (QED) is 0.773. The van der Waals surface area contributed by atoms with E-state index in [9.17, 15) is 8.78 Å². The van der Waals surface area contributed by atoms with Gasteiger partial charge >= 0.3 is 0 Å². The van der Waals surface area contributed by atoms with Gasteiger partial charge in [-0.3, -0.25) is 0 Å². The average molecular weight is 241 g/mol. The molecule has 0 aliphatic heterocycles. The Bertz CT molecular complexity index is 371. The molecular weight excluding hydrogens is 224 g/mol. The molecule has 2 nitrogen and oxygen atoms in total. The Balaban J connectivity index is 2.42. The molecule has 0 aliphatic rings. The molecule has 0 heterocycles. The first-order valence-electron chi connectivity index (χ1n) is 5.46. The van der Waals surface area contributed by atoms with Crippen molar-refractivity contribution in [3.63, 3.8) is 0 Å². The van der Waals surface area contributed by atoms with Gasteiger partial charge in [0.25, 0.3) is 0 Å². The molecule has 0 bridgehead atoms. The number of halogens is 2. The first kappa shape index (κ1) is 13.6. The molecule has 0 aromatic heterocycles. The minimum absolute atomic E-state index is 0.174. The second kappa shape index (κ2) is 6.35. The molecule has 0 aliphatic carbocycles. The number of hydrogen-bond donors (Lipinski definition) is 1. The van der Waals surface area contributed by atoms with Crippen molar-refractivity contribution in [1.29, 1.82) is 0 Å². The van der Waals surface area contributed by atoms with Crippen LogP contribution in [0, 0.1) is 11.6 Å². The van der Waals surface area contributed by atoms with Gasteiger partial charge in [-0.05, 0) is 5.57 Å². The maximum Gasteiger partial charge on any atom is 0.129 e. The average Bonchev–Trinajstić information content (AvgIpc) is 2.22. The first-order chi connectivity index (χ1) is 7.97. The van der Waals surface area contributed by atoms with Crippen LogP contribution >= 0.6 is 0 Å². The Labute approximate surface area is 100 Å². The fourth-order valence-electron chi connectivity index (χ4n) is 1.20. The predicted molar refractivity (Wildman–Crippen MR) is 64.1 cm³/mol. The highest BCUT2D eigenvalue weighted by molar-refractivity contribution is 5.24. The van der Waals surface area contributed by atoms with Crippen molar-refractivity contribution in [2.24, 2.45) is 0 Å². The minimum Gasteiger partial charge on any atom is -0.489 e. The van der Waals surface area contributed by atoms with Crippen LogP contribution in [0.4, 0.5) is 8.78 Å². The van der Waals surface area contributed by atoms with Gasteiger partial charge in [0.05, 0.1) is 0 Å². The lowest BCUT2D eigenvalue weighted by atomic mass is 10.3. The van der Waals surface area contributed by atoms with Crippen molar-refractivity contribution >= 4 is 0 Å². The lowest BCUT2D eigenvalue weighted by Crippen LogP contribution is -2.26. The SMILES string of the molecule is C=C(CNC(C)C)COc1cc(F)cc(F)c1. The highest BCUT2D eigenvalue weighted by atomic mass is 19.1. The summed E-state index contributed by atoms with van der Waals surface area (Å²) in [5.74, 6) is -1.12. The molecule has 0 spiro atoms. The number of hydrogen-bond acceptors (Lipinski definition) is 2. The zero-order chi connectivity index (χ0) is 12.8. The van der Waals surface area contributed by atoms with E-state index in [1.807, 2.05) is 13.8 Å². The van der Waals surface area contributed by atoms with Gasteiger partial charge in [0.15, 0.2) is 0 Å². The van der Waals surface area contributed by atoms with E-state index in [0.29, 0.717) is 12.6 Å². The van der Waals surface area contributed by atoms with Gasteiger partial charge in [-0.1, -0.05) is 20.4 Å². The Morgan fingerprint density at radius 3 is 2.41 bits per heavy atom. The van der Waals surface area contributed by atoms with Gasteiger partial charge in [0.1, 0.15) is 24.0 Å². The van der Waals surface area contributed by atoms with Gasteiger partial charge in [0.2, 0.25) is 0 Å². The van der Waals surface area contributed by atoms with E-state index in [0.717, 1.165) is 23.8 Å². The fraction of sp³-hybridized carbons (Fsp3) is 0.385. The van der Waals surface area contributed by atoms with Crippen LogP contribution < -0.4 is 10.1 Å². The second-order valence-electron chi connectivity index (χ2n) is 4.18. The number of benzene rings is 1. The van der Waals surface area contributed by atoms with Crippen molar-refractivity contribution in [3.8, 4) is 5.75 Å². The zero-order valence-corrected chi connectivity index (χ0v) is 10.1. The summed E-state index contributed by atoms with van der Waals surface area (Å²) in [4.78, 5) is 0. The van der Waals surface area contributed by atoms with Crippen LogP contribution in [0.15, 0.2) is 30.4 Å². The Morgan fingerprint density at radius 2 is 1.88 bits per heavy atom. The summed E-state index contributed by atoms with van der Waals surface area (Å²) in [6, 6.07) is 3.46. The predicted octanol–water partition coefficient (Wildman–Crippen LogP) is 2.90. The van der Waals surface area contributed by atoms with Gasteiger partial charge in [-0.25, -0.2) is 8.78 Å². The smallest absolute Gasteiger partial charge is 0.129 e. The molecule has 1 N–H and O–H groups in total. The lowest BCUT2D eigenvalue weighted by molar-refractivity contribution is 0.342. The maximum absolute atomic E-state index is 12.9. The van der Waals surface area contributed by atoms with E-state index < -0.39 is 11.6 Å². The highest BCUT2D eigenvalue weighted by Crippen LogP contribution is 2.15. The van der Waals surface area contributed by atoms with Crippen LogP contribution in [0.3, 0.4) is 0 Å². The highest BCUT2D eigenvalue weighted by Gasteiger charge is 2.03. The van der Waals surface area contributed by atoms with Crippen LogP contribution in [0.1, 0.15) is 13.8 Å². The number of rotatable bonds is 6. The van der Waals surface area contributed by atoms with Crippen LogP contribution in [-0.4, -0.2) is 19.2 Å². The third-order valence-electron chi connectivity index (χ3n) is 2.04. The molecule has 0 atom stereocenters. The third kappa shape index (κ3) is 5.45. The van der Waals surface area contributed by atoms with E-state index in [2.05, 4.69) is 11.9 Å². The summed E-state index contributed by atoms with van der Waals surface area (Å²) in [5, 5.41) is 3.18. The van der Waals surface area contributed by atoms with E-state index in [-0.39, 0.29) is 12.4 Å². The standard InChI is InChI=1S/C13H17F2NO/c1-9(2)16-7-10(3)8-17-13-5-11(14)4-12(15)6-13/h4-6,9,16H,3,7-8H2,1-2H3. The molecule has 94 valence electrons. The molecule has 1 aromatic rings.